The average Bonchev–Trinajstić information content (AvgIpc) is 3.44. The van der Waals surface area contributed by atoms with Crippen molar-refractivity contribution in [2.45, 2.75) is 32.2 Å². The fraction of sp³-hybridized carbons (Fsp3) is 0.217. The van der Waals surface area contributed by atoms with Crippen molar-refractivity contribution in [1.29, 1.82) is 0 Å². The number of hydrogen-bond donors (Lipinski definition) is 1. The van der Waals surface area contributed by atoms with Crippen LogP contribution in [-0.4, -0.2) is 31.4 Å². The first-order valence-corrected chi connectivity index (χ1v) is 12.5. The van der Waals surface area contributed by atoms with Crippen molar-refractivity contribution < 1.29 is 9.53 Å². The number of aryl methyl sites for hydroxylation is 1. The van der Waals surface area contributed by atoms with Gasteiger partial charge in [0, 0.05) is 22.5 Å². The van der Waals surface area contributed by atoms with Crippen molar-refractivity contribution in [3.8, 4) is 17.0 Å². The summed E-state index contributed by atoms with van der Waals surface area (Å²) in [6, 6.07) is 15.3. The summed E-state index contributed by atoms with van der Waals surface area (Å²) in [6.07, 6.45) is 0. The van der Waals surface area contributed by atoms with E-state index in [1.165, 1.54) is 23.1 Å². The van der Waals surface area contributed by atoms with Crippen LogP contribution in [0.4, 0.5) is 5.13 Å². The summed E-state index contributed by atoms with van der Waals surface area (Å²) in [6.45, 7) is 5.00. The average molecular weight is 500 g/mol. The van der Waals surface area contributed by atoms with Crippen LogP contribution in [0.25, 0.3) is 11.3 Å². The van der Waals surface area contributed by atoms with Crippen LogP contribution in [0.15, 0.2) is 59.1 Å². The van der Waals surface area contributed by atoms with E-state index in [0.717, 1.165) is 28.4 Å². The van der Waals surface area contributed by atoms with E-state index < -0.39 is 0 Å². The standard InChI is InChI=1S/C23H22ClN5O2S2/c1-3-29-20(12-31-19-7-5-4-6-15(19)2)27-28-23(29)33-14-21(30)26-22-25-18(13-32-22)16-8-10-17(24)11-9-16/h4-11,13H,3,12,14H2,1-2H3,(H,25,26,30). The van der Waals surface area contributed by atoms with Gasteiger partial charge in [-0.3, -0.25) is 4.79 Å². The lowest BCUT2D eigenvalue weighted by atomic mass is 10.2. The lowest BCUT2D eigenvalue weighted by Gasteiger charge is -2.10. The molecule has 0 fully saturated rings. The van der Waals surface area contributed by atoms with Crippen LogP contribution in [0.1, 0.15) is 18.3 Å². The van der Waals surface area contributed by atoms with Gasteiger partial charge in [0.25, 0.3) is 0 Å². The molecule has 0 aliphatic carbocycles. The lowest BCUT2D eigenvalue weighted by molar-refractivity contribution is -0.113. The van der Waals surface area contributed by atoms with E-state index in [-0.39, 0.29) is 11.7 Å². The fourth-order valence-corrected chi connectivity index (χ4v) is 4.76. The Morgan fingerprint density at radius 3 is 2.73 bits per heavy atom. The molecule has 1 N–H and O–H groups in total. The van der Waals surface area contributed by atoms with Gasteiger partial charge in [-0.25, -0.2) is 4.98 Å². The van der Waals surface area contributed by atoms with E-state index in [0.29, 0.717) is 28.5 Å². The quantitative estimate of drug-likeness (QED) is 0.298. The normalized spacial score (nSPS) is 10.9. The molecule has 33 heavy (non-hydrogen) atoms. The molecule has 4 rings (SSSR count). The zero-order chi connectivity index (χ0) is 23.2. The van der Waals surface area contributed by atoms with Crippen LogP contribution in [0, 0.1) is 6.92 Å². The summed E-state index contributed by atoms with van der Waals surface area (Å²) in [5.74, 6) is 1.59. The largest absolute Gasteiger partial charge is 0.485 e. The molecule has 0 radical (unpaired) electrons. The van der Waals surface area contributed by atoms with Gasteiger partial charge in [0.05, 0.1) is 11.4 Å². The van der Waals surface area contributed by atoms with E-state index >= 15 is 0 Å². The van der Waals surface area contributed by atoms with Crippen molar-refractivity contribution in [3.05, 3.63) is 70.3 Å². The summed E-state index contributed by atoms with van der Waals surface area (Å²) < 4.78 is 7.86. The molecule has 4 aromatic rings. The molecule has 7 nitrogen and oxygen atoms in total. The lowest BCUT2D eigenvalue weighted by Crippen LogP contribution is -2.14. The Bertz CT molecular complexity index is 1240. The maximum atomic E-state index is 12.5. The second-order valence-corrected chi connectivity index (χ2v) is 9.32. The molecule has 0 atom stereocenters. The number of halogens is 1. The minimum atomic E-state index is -0.152. The molecule has 170 valence electrons. The molecule has 0 aliphatic heterocycles. The number of carbonyl (C=O) groups is 1. The maximum Gasteiger partial charge on any atom is 0.236 e. The molecule has 0 bridgehead atoms. The van der Waals surface area contributed by atoms with E-state index in [4.69, 9.17) is 16.3 Å². The fourth-order valence-electron chi connectivity index (χ4n) is 3.08. The highest BCUT2D eigenvalue weighted by molar-refractivity contribution is 7.99. The Morgan fingerprint density at radius 1 is 1.18 bits per heavy atom. The molecule has 10 heteroatoms. The van der Waals surface area contributed by atoms with Gasteiger partial charge in [-0.05, 0) is 37.6 Å². The smallest absolute Gasteiger partial charge is 0.236 e. The van der Waals surface area contributed by atoms with Gasteiger partial charge < -0.3 is 14.6 Å². The summed E-state index contributed by atoms with van der Waals surface area (Å²) in [5, 5.41) is 15.1. The van der Waals surface area contributed by atoms with Crippen molar-refractivity contribution in [2.75, 3.05) is 11.1 Å². The van der Waals surface area contributed by atoms with E-state index in [1.54, 1.807) is 0 Å². The van der Waals surface area contributed by atoms with Crippen molar-refractivity contribution in [1.82, 2.24) is 19.7 Å². The number of nitrogens with one attached hydrogen (secondary N) is 1. The molecule has 2 aromatic heterocycles. The van der Waals surface area contributed by atoms with Crippen LogP contribution in [-0.2, 0) is 17.9 Å². The molecule has 0 saturated carbocycles. The maximum absolute atomic E-state index is 12.5. The second-order valence-electron chi connectivity index (χ2n) is 7.08. The summed E-state index contributed by atoms with van der Waals surface area (Å²) in [5.41, 5.74) is 2.80. The topological polar surface area (TPSA) is 81.9 Å². The highest BCUT2D eigenvalue weighted by atomic mass is 35.5. The first kappa shape index (κ1) is 23.3. The van der Waals surface area contributed by atoms with Gasteiger partial charge in [-0.1, -0.05) is 53.7 Å². The third-order valence-electron chi connectivity index (χ3n) is 4.78. The molecule has 0 aliphatic rings. The van der Waals surface area contributed by atoms with Crippen molar-refractivity contribution in [2.24, 2.45) is 0 Å². The molecule has 0 spiro atoms. The van der Waals surface area contributed by atoms with Crippen LogP contribution < -0.4 is 10.1 Å². The predicted molar refractivity (Wildman–Crippen MR) is 133 cm³/mol. The minimum absolute atomic E-state index is 0.152. The number of thioether (sulfide) groups is 1. The Morgan fingerprint density at radius 2 is 1.97 bits per heavy atom. The first-order valence-electron chi connectivity index (χ1n) is 10.3. The summed E-state index contributed by atoms with van der Waals surface area (Å²) in [4.78, 5) is 17.0. The Hall–Kier alpha value is -2.88. The molecule has 0 unspecified atom stereocenters. The zero-order valence-electron chi connectivity index (χ0n) is 18.1. The molecule has 2 aromatic carbocycles. The summed E-state index contributed by atoms with van der Waals surface area (Å²) in [7, 11) is 0. The Labute approximate surface area is 205 Å². The number of hydrogen-bond acceptors (Lipinski definition) is 7. The number of thiazole rings is 1. The van der Waals surface area contributed by atoms with Gasteiger partial charge in [-0.15, -0.1) is 21.5 Å². The van der Waals surface area contributed by atoms with Gasteiger partial charge in [0.15, 0.2) is 16.1 Å². The number of carbonyl (C=O) groups excluding carboxylic acids is 1. The molecule has 1 amide bonds. The van der Waals surface area contributed by atoms with Gasteiger partial charge in [0.2, 0.25) is 5.91 Å². The van der Waals surface area contributed by atoms with Gasteiger partial charge in [-0.2, -0.15) is 0 Å². The van der Waals surface area contributed by atoms with Gasteiger partial charge in [0.1, 0.15) is 12.4 Å². The van der Waals surface area contributed by atoms with Crippen LogP contribution in [0.5, 0.6) is 5.75 Å². The number of nitrogens with zero attached hydrogens (tertiary/aromatic N) is 4. The second kappa shape index (κ2) is 10.8. The van der Waals surface area contributed by atoms with Crippen LogP contribution in [0.2, 0.25) is 5.02 Å². The minimum Gasteiger partial charge on any atom is -0.485 e. The molecule has 2 heterocycles. The SMILES string of the molecule is CCn1c(COc2ccccc2C)nnc1SCC(=O)Nc1nc(-c2ccc(Cl)cc2)cs1. The molecular formula is C23H22ClN5O2S2. The molecule has 0 saturated heterocycles. The third-order valence-corrected chi connectivity index (χ3v) is 6.76. The third kappa shape index (κ3) is 5.93. The Kier molecular flexibility index (Phi) is 7.64. The number of ether oxygens (including phenoxy) is 1. The number of benzene rings is 2. The van der Waals surface area contributed by atoms with Crippen molar-refractivity contribution in [3.63, 3.8) is 0 Å². The molecular weight excluding hydrogens is 478 g/mol. The first-order chi connectivity index (χ1) is 16.0. The summed E-state index contributed by atoms with van der Waals surface area (Å²) >= 11 is 8.65. The van der Waals surface area contributed by atoms with Crippen LogP contribution >= 0.6 is 34.7 Å². The predicted octanol–water partition coefficient (Wildman–Crippen LogP) is 5.69. The van der Waals surface area contributed by atoms with E-state index in [1.807, 2.05) is 72.3 Å². The van der Waals surface area contributed by atoms with Gasteiger partial charge >= 0.3 is 0 Å². The number of aromatic nitrogens is 4. The van der Waals surface area contributed by atoms with Crippen molar-refractivity contribution >= 4 is 45.7 Å². The van der Waals surface area contributed by atoms with E-state index in [2.05, 4.69) is 20.5 Å². The monoisotopic (exact) mass is 499 g/mol. The Balaban J connectivity index is 1.33. The zero-order valence-corrected chi connectivity index (χ0v) is 20.5. The highest BCUT2D eigenvalue weighted by Gasteiger charge is 2.15. The number of para-hydroxylation sites is 1. The number of amides is 1. The van der Waals surface area contributed by atoms with Crippen LogP contribution in [0.3, 0.4) is 0 Å². The number of rotatable bonds is 9. The highest BCUT2D eigenvalue weighted by Crippen LogP contribution is 2.26. The van der Waals surface area contributed by atoms with E-state index in [9.17, 15) is 4.79 Å². The number of anilines is 1.